The molecule has 2 aromatic rings. The molecule has 0 saturated heterocycles. The minimum atomic E-state index is -0.386. The van der Waals surface area contributed by atoms with E-state index < -0.39 is 0 Å². The largest absolute Gasteiger partial charge is 0.330 e. The fraction of sp³-hybridized carbons (Fsp3) is 0.200. The van der Waals surface area contributed by atoms with Gasteiger partial charge in [0.1, 0.15) is 0 Å². The Labute approximate surface area is 122 Å². The lowest BCUT2D eigenvalue weighted by molar-refractivity contribution is -0.384. The van der Waals surface area contributed by atoms with Gasteiger partial charge >= 0.3 is 0 Å². The number of hydrogen-bond acceptors (Lipinski definition) is 4. The third-order valence-corrected chi connectivity index (χ3v) is 4.26. The number of benzene rings is 2. The minimum absolute atomic E-state index is 0.115. The van der Waals surface area contributed by atoms with Crippen molar-refractivity contribution in [2.45, 2.75) is 16.6 Å². The van der Waals surface area contributed by atoms with Gasteiger partial charge in [-0.2, -0.15) is 0 Å². The zero-order valence-corrected chi connectivity index (χ0v) is 11.8. The maximum Gasteiger partial charge on any atom is 0.269 e. The summed E-state index contributed by atoms with van der Waals surface area (Å²) in [5.41, 5.74) is 7.02. The van der Waals surface area contributed by atoms with Crippen LogP contribution in [0.5, 0.6) is 0 Å². The lowest BCUT2D eigenvalue weighted by Gasteiger charge is -2.16. The van der Waals surface area contributed by atoms with Crippen LogP contribution < -0.4 is 5.73 Å². The number of nitrogens with two attached hydrogens (primary N) is 1. The van der Waals surface area contributed by atoms with E-state index in [1.165, 1.54) is 17.7 Å². The lowest BCUT2D eigenvalue weighted by Crippen LogP contribution is -2.04. The molecule has 0 amide bonds. The number of non-ortho nitro benzene ring substituents is 1. The molecule has 0 aliphatic carbocycles. The SMILES string of the molecule is NCCC(Sc1ccc([N+](=O)[O-])cc1)c1ccccc1. The van der Waals surface area contributed by atoms with Gasteiger partial charge in [-0.15, -0.1) is 11.8 Å². The summed E-state index contributed by atoms with van der Waals surface area (Å²) in [7, 11) is 0. The first-order valence-electron chi connectivity index (χ1n) is 6.37. The zero-order valence-electron chi connectivity index (χ0n) is 10.9. The quantitative estimate of drug-likeness (QED) is 0.499. The topological polar surface area (TPSA) is 69.2 Å². The molecule has 0 saturated carbocycles. The Morgan fingerprint density at radius 1 is 1.10 bits per heavy atom. The van der Waals surface area contributed by atoms with Gasteiger partial charge in [0.15, 0.2) is 0 Å². The molecule has 5 heteroatoms. The molecule has 2 aromatic carbocycles. The van der Waals surface area contributed by atoms with Gasteiger partial charge in [0, 0.05) is 22.3 Å². The van der Waals surface area contributed by atoms with E-state index in [2.05, 4.69) is 12.1 Å². The van der Waals surface area contributed by atoms with Crippen LogP contribution in [0.2, 0.25) is 0 Å². The van der Waals surface area contributed by atoms with Crippen LogP contribution in [-0.4, -0.2) is 11.5 Å². The van der Waals surface area contributed by atoms with Gasteiger partial charge in [-0.05, 0) is 30.7 Å². The third kappa shape index (κ3) is 3.82. The van der Waals surface area contributed by atoms with Gasteiger partial charge in [-0.1, -0.05) is 30.3 Å². The number of nitrogens with zero attached hydrogens (tertiary/aromatic N) is 1. The molecule has 0 aliphatic heterocycles. The van der Waals surface area contributed by atoms with Crippen LogP contribution in [0.4, 0.5) is 5.69 Å². The summed E-state index contributed by atoms with van der Waals surface area (Å²) < 4.78 is 0. The Bertz CT molecular complexity index is 558. The molecule has 1 atom stereocenters. The van der Waals surface area contributed by atoms with Crippen LogP contribution in [0.3, 0.4) is 0 Å². The average molecular weight is 288 g/mol. The fourth-order valence-corrected chi connectivity index (χ4v) is 3.09. The molecule has 0 radical (unpaired) electrons. The second kappa shape index (κ2) is 7.07. The highest BCUT2D eigenvalue weighted by Gasteiger charge is 2.13. The molecular weight excluding hydrogens is 272 g/mol. The van der Waals surface area contributed by atoms with E-state index in [0.717, 1.165) is 11.3 Å². The molecule has 0 heterocycles. The maximum atomic E-state index is 10.6. The van der Waals surface area contributed by atoms with Crippen molar-refractivity contribution >= 4 is 17.4 Å². The molecule has 1 unspecified atom stereocenters. The molecule has 0 aliphatic rings. The van der Waals surface area contributed by atoms with Crippen LogP contribution >= 0.6 is 11.8 Å². The van der Waals surface area contributed by atoms with E-state index in [4.69, 9.17) is 5.73 Å². The minimum Gasteiger partial charge on any atom is -0.330 e. The van der Waals surface area contributed by atoms with Crippen molar-refractivity contribution < 1.29 is 4.92 Å². The van der Waals surface area contributed by atoms with Gasteiger partial charge in [-0.25, -0.2) is 0 Å². The fourth-order valence-electron chi connectivity index (χ4n) is 1.92. The molecular formula is C15H16N2O2S. The van der Waals surface area contributed by atoms with E-state index in [0.29, 0.717) is 6.54 Å². The van der Waals surface area contributed by atoms with E-state index in [1.54, 1.807) is 23.9 Å². The third-order valence-electron chi connectivity index (χ3n) is 2.93. The second-order valence-electron chi connectivity index (χ2n) is 4.35. The van der Waals surface area contributed by atoms with Gasteiger partial charge in [0.05, 0.1) is 4.92 Å². The Morgan fingerprint density at radius 2 is 1.75 bits per heavy atom. The predicted molar refractivity (Wildman–Crippen MR) is 81.8 cm³/mol. The van der Waals surface area contributed by atoms with Crippen molar-refractivity contribution in [3.05, 3.63) is 70.3 Å². The summed E-state index contributed by atoms with van der Waals surface area (Å²) in [6.45, 7) is 0.611. The van der Waals surface area contributed by atoms with Gasteiger partial charge in [0.2, 0.25) is 0 Å². The molecule has 20 heavy (non-hydrogen) atoms. The molecule has 0 bridgehead atoms. The monoisotopic (exact) mass is 288 g/mol. The molecule has 0 spiro atoms. The van der Waals surface area contributed by atoms with Crippen molar-refractivity contribution in [1.82, 2.24) is 0 Å². The average Bonchev–Trinajstić information content (AvgIpc) is 2.48. The number of nitro benzene ring substituents is 1. The maximum absolute atomic E-state index is 10.6. The lowest BCUT2D eigenvalue weighted by atomic mass is 10.1. The summed E-state index contributed by atoms with van der Waals surface area (Å²) in [5, 5.41) is 10.9. The first kappa shape index (κ1) is 14.6. The van der Waals surface area contributed by atoms with Gasteiger partial charge < -0.3 is 5.73 Å². The van der Waals surface area contributed by atoms with Crippen molar-refractivity contribution in [2.24, 2.45) is 5.73 Å². The molecule has 0 fully saturated rings. The summed E-state index contributed by atoms with van der Waals surface area (Å²) in [4.78, 5) is 11.3. The van der Waals surface area contributed by atoms with E-state index >= 15 is 0 Å². The highest BCUT2D eigenvalue weighted by atomic mass is 32.2. The number of hydrogen-bond donors (Lipinski definition) is 1. The van der Waals surface area contributed by atoms with E-state index in [9.17, 15) is 10.1 Å². The molecule has 4 nitrogen and oxygen atoms in total. The standard InChI is InChI=1S/C15H16N2O2S/c16-11-10-15(12-4-2-1-3-5-12)20-14-8-6-13(7-9-14)17(18)19/h1-9,15H,10-11,16H2. The number of thioether (sulfide) groups is 1. The summed E-state index contributed by atoms with van der Waals surface area (Å²) >= 11 is 1.68. The van der Waals surface area contributed by atoms with Crippen molar-refractivity contribution in [2.75, 3.05) is 6.54 Å². The van der Waals surface area contributed by atoms with Crippen LogP contribution in [-0.2, 0) is 0 Å². The van der Waals surface area contributed by atoms with Crippen LogP contribution in [0.25, 0.3) is 0 Å². The van der Waals surface area contributed by atoms with Crippen molar-refractivity contribution in [1.29, 1.82) is 0 Å². The Morgan fingerprint density at radius 3 is 2.30 bits per heavy atom. The summed E-state index contributed by atoms with van der Waals surface area (Å²) in [6.07, 6.45) is 0.867. The van der Waals surface area contributed by atoms with Gasteiger partial charge in [-0.3, -0.25) is 10.1 Å². The first-order chi connectivity index (χ1) is 9.70. The second-order valence-corrected chi connectivity index (χ2v) is 5.62. The predicted octanol–water partition coefficient (Wildman–Crippen LogP) is 3.78. The van der Waals surface area contributed by atoms with Crippen LogP contribution in [0.1, 0.15) is 17.2 Å². The Hall–Kier alpha value is -1.85. The zero-order chi connectivity index (χ0) is 14.4. The molecule has 0 aromatic heterocycles. The number of rotatable bonds is 6. The van der Waals surface area contributed by atoms with Crippen LogP contribution in [0.15, 0.2) is 59.5 Å². The highest BCUT2D eigenvalue weighted by Crippen LogP contribution is 2.37. The van der Waals surface area contributed by atoms with E-state index in [1.807, 2.05) is 18.2 Å². The Kier molecular flexibility index (Phi) is 5.15. The molecule has 2 N–H and O–H groups in total. The highest BCUT2D eigenvalue weighted by molar-refractivity contribution is 7.99. The number of nitro groups is 1. The van der Waals surface area contributed by atoms with Crippen LogP contribution in [0, 0.1) is 10.1 Å². The Balaban J connectivity index is 2.14. The smallest absolute Gasteiger partial charge is 0.269 e. The molecule has 2 rings (SSSR count). The molecule has 104 valence electrons. The van der Waals surface area contributed by atoms with Gasteiger partial charge in [0.25, 0.3) is 5.69 Å². The first-order valence-corrected chi connectivity index (χ1v) is 7.25. The van der Waals surface area contributed by atoms with Crippen molar-refractivity contribution in [3.8, 4) is 0 Å². The summed E-state index contributed by atoms with van der Waals surface area (Å²) in [5.74, 6) is 0. The normalized spacial score (nSPS) is 12.1. The summed E-state index contributed by atoms with van der Waals surface area (Å²) in [6, 6.07) is 16.8. The van der Waals surface area contributed by atoms with E-state index in [-0.39, 0.29) is 15.9 Å². The van der Waals surface area contributed by atoms with Crippen molar-refractivity contribution in [3.63, 3.8) is 0 Å².